The van der Waals surface area contributed by atoms with Crippen LogP contribution in [0.15, 0.2) is 12.1 Å². The van der Waals surface area contributed by atoms with Gasteiger partial charge < -0.3 is 10.4 Å². The lowest BCUT2D eigenvalue weighted by molar-refractivity contribution is 0.0697. The van der Waals surface area contributed by atoms with Gasteiger partial charge in [-0.05, 0) is 6.07 Å². The standard InChI is InChI=1S/C10H9F4NO2/c11-5-3-6(10(16)17)9(7(12)4-5)15-2-1-8(13)14/h3-4,8,15H,1-2H2,(H,16,17). The molecule has 0 unspecified atom stereocenters. The Morgan fingerprint density at radius 1 is 1.35 bits per heavy atom. The smallest absolute Gasteiger partial charge is 0.338 e. The van der Waals surface area contributed by atoms with Crippen LogP contribution in [0.3, 0.4) is 0 Å². The number of hydrogen-bond acceptors (Lipinski definition) is 2. The van der Waals surface area contributed by atoms with Crippen molar-refractivity contribution in [2.24, 2.45) is 0 Å². The topological polar surface area (TPSA) is 49.3 Å². The zero-order chi connectivity index (χ0) is 13.0. The van der Waals surface area contributed by atoms with Crippen molar-refractivity contribution >= 4 is 11.7 Å². The third-order valence-corrected chi connectivity index (χ3v) is 1.95. The van der Waals surface area contributed by atoms with Crippen LogP contribution in [0, 0.1) is 11.6 Å². The first-order chi connectivity index (χ1) is 7.91. The van der Waals surface area contributed by atoms with Crippen molar-refractivity contribution in [3.05, 3.63) is 29.3 Å². The van der Waals surface area contributed by atoms with Crippen molar-refractivity contribution < 1.29 is 27.5 Å². The van der Waals surface area contributed by atoms with Gasteiger partial charge in [0.15, 0.2) is 0 Å². The van der Waals surface area contributed by atoms with E-state index in [1.165, 1.54) is 0 Å². The Bertz CT molecular complexity index is 423. The molecule has 1 rings (SSSR count). The normalized spacial score (nSPS) is 10.6. The second-order valence-electron chi connectivity index (χ2n) is 3.22. The van der Waals surface area contributed by atoms with Gasteiger partial charge in [0.25, 0.3) is 0 Å². The second-order valence-corrected chi connectivity index (χ2v) is 3.22. The lowest BCUT2D eigenvalue weighted by Gasteiger charge is -2.10. The Kier molecular flexibility index (Phi) is 4.30. The molecule has 0 saturated heterocycles. The van der Waals surface area contributed by atoms with Crippen LogP contribution < -0.4 is 5.32 Å². The molecule has 1 aromatic rings. The summed E-state index contributed by atoms with van der Waals surface area (Å²) in [6.45, 7) is -0.305. The van der Waals surface area contributed by atoms with Crippen LogP contribution in [0.1, 0.15) is 16.8 Å². The van der Waals surface area contributed by atoms with E-state index in [0.29, 0.717) is 12.1 Å². The first-order valence-electron chi connectivity index (χ1n) is 4.66. The van der Waals surface area contributed by atoms with Gasteiger partial charge in [0.1, 0.15) is 11.6 Å². The molecular weight excluding hydrogens is 242 g/mol. The second kappa shape index (κ2) is 5.51. The van der Waals surface area contributed by atoms with Gasteiger partial charge in [-0.15, -0.1) is 0 Å². The Hall–Kier alpha value is -1.79. The fourth-order valence-corrected chi connectivity index (χ4v) is 1.23. The van der Waals surface area contributed by atoms with Crippen molar-refractivity contribution in [3.63, 3.8) is 0 Å². The van der Waals surface area contributed by atoms with Crippen molar-refractivity contribution in [3.8, 4) is 0 Å². The van der Waals surface area contributed by atoms with E-state index >= 15 is 0 Å². The highest BCUT2D eigenvalue weighted by Crippen LogP contribution is 2.22. The maximum atomic E-state index is 13.2. The number of hydrogen-bond donors (Lipinski definition) is 2. The summed E-state index contributed by atoms with van der Waals surface area (Å²) in [4.78, 5) is 10.7. The zero-order valence-electron chi connectivity index (χ0n) is 8.51. The van der Waals surface area contributed by atoms with Crippen LogP contribution in [0.4, 0.5) is 23.2 Å². The number of halogens is 4. The van der Waals surface area contributed by atoms with Gasteiger partial charge in [-0.25, -0.2) is 22.4 Å². The monoisotopic (exact) mass is 251 g/mol. The summed E-state index contributed by atoms with van der Waals surface area (Å²) in [5.41, 5.74) is -1.11. The first-order valence-corrected chi connectivity index (χ1v) is 4.66. The number of carboxylic acids is 1. The van der Waals surface area contributed by atoms with Crippen molar-refractivity contribution in [1.29, 1.82) is 0 Å². The van der Waals surface area contributed by atoms with Crippen molar-refractivity contribution in [2.45, 2.75) is 12.8 Å². The fraction of sp³-hybridized carbons (Fsp3) is 0.300. The van der Waals surface area contributed by atoms with Crippen LogP contribution >= 0.6 is 0 Å². The highest BCUT2D eigenvalue weighted by molar-refractivity contribution is 5.94. The number of benzene rings is 1. The summed E-state index contributed by atoms with van der Waals surface area (Å²) < 4.78 is 49.7. The van der Waals surface area contributed by atoms with E-state index in [0.717, 1.165) is 0 Å². The molecule has 0 radical (unpaired) electrons. The Labute approximate surface area is 94.1 Å². The molecule has 0 aliphatic heterocycles. The highest BCUT2D eigenvalue weighted by Gasteiger charge is 2.16. The largest absolute Gasteiger partial charge is 0.478 e. The Balaban J connectivity index is 2.92. The average Bonchev–Trinajstić information content (AvgIpc) is 2.19. The number of aromatic carboxylic acids is 1. The van der Waals surface area contributed by atoms with E-state index in [4.69, 9.17) is 5.11 Å². The minimum absolute atomic E-state index is 0.305. The van der Waals surface area contributed by atoms with Gasteiger partial charge >= 0.3 is 5.97 Å². The molecular formula is C10H9F4NO2. The summed E-state index contributed by atoms with van der Waals surface area (Å²) in [6.07, 6.45) is -3.14. The van der Waals surface area contributed by atoms with Crippen molar-refractivity contribution in [2.75, 3.05) is 11.9 Å². The number of carboxylic acid groups (broad SMARTS) is 1. The van der Waals surface area contributed by atoms with Crippen LogP contribution in [-0.4, -0.2) is 24.0 Å². The SMILES string of the molecule is O=C(O)c1cc(F)cc(F)c1NCCC(F)F. The summed E-state index contributed by atoms with van der Waals surface area (Å²) in [6, 6.07) is 1.10. The van der Waals surface area contributed by atoms with Crippen molar-refractivity contribution in [1.82, 2.24) is 0 Å². The molecule has 0 bridgehead atoms. The number of carbonyl (C=O) groups is 1. The van der Waals surface area contributed by atoms with E-state index in [1.807, 2.05) is 0 Å². The van der Waals surface area contributed by atoms with Gasteiger partial charge in [-0.3, -0.25) is 0 Å². The molecule has 0 spiro atoms. The third-order valence-electron chi connectivity index (χ3n) is 1.95. The highest BCUT2D eigenvalue weighted by atomic mass is 19.3. The van der Waals surface area contributed by atoms with Crippen LogP contribution in [0.2, 0.25) is 0 Å². The minimum Gasteiger partial charge on any atom is -0.478 e. The summed E-state index contributed by atoms with van der Waals surface area (Å²) in [7, 11) is 0. The molecule has 0 fully saturated rings. The van der Waals surface area contributed by atoms with Gasteiger partial charge in [-0.1, -0.05) is 0 Å². The molecule has 0 amide bonds. The molecule has 17 heavy (non-hydrogen) atoms. The molecule has 3 nitrogen and oxygen atoms in total. The van der Waals surface area contributed by atoms with Crippen LogP contribution in [0.25, 0.3) is 0 Å². The molecule has 0 atom stereocenters. The molecule has 1 aromatic carbocycles. The number of rotatable bonds is 5. The maximum absolute atomic E-state index is 13.2. The van der Waals surface area contributed by atoms with Gasteiger partial charge in [0.05, 0.1) is 11.3 Å². The first kappa shape index (κ1) is 13.3. The molecule has 94 valence electrons. The molecule has 0 heterocycles. The van der Waals surface area contributed by atoms with E-state index < -0.39 is 41.7 Å². The molecule has 0 aromatic heterocycles. The molecule has 2 N–H and O–H groups in total. The van der Waals surface area contributed by atoms with Gasteiger partial charge in [-0.2, -0.15) is 0 Å². The summed E-state index contributed by atoms with van der Waals surface area (Å²) >= 11 is 0. The van der Waals surface area contributed by atoms with Gasteiger partial charge in [0, 0.05) is 19.0 Å². The quantitative estimate of drug-likeness (QED) is 0.791. The number of nitrogens with one attached hydrogen (secondary N) is 1. The van der Waals surface area contributed by atoms with E-state index in [2.05, 4.69) is 5.32 Å². The predicted molar refractivity (Wildman–Crippen MR) is 52.4 cm³/mol. The van der Waals surface area contributed by atoms with E-state index in [-0.39, 0.29) is 6.54 Å². The van der Waals surface area contributed by atoms with E-state index in [9.17, 15) is 22.4 Å². The molecule has 7 heteroatoms. The van der Waals surface area contributed by atoms with Crippen LogP contribution in [-0.2, 0) is 0 Å². The lowest BCUT2D eigenvalue weighted by atomic mass is 10.1. The number of anilines is 1. The maximum Gasteiger partial charge on any atom is 0.338 e. The predicted octanol–water partition coefficient (Wildman–Crippen LogP) is 2.73. The van der Waals surface area contributed by atoms with E-state index in [1.54, 1.807) is 0 Å². The lowest BCUT2D eigenvalue weighted by Crippen LogP contribution is -2.12. The summed E-state index contributed by atoms with van der Waals surface area (Å²) in [5, 5.41) is 10.9. The van der Waals surface area contributed by atoms with Gasteiger partial charge in [0.2, 0.25) is 6.43 Å². The summed E-state index contributed by atoms with van der Waals surface area (Å²) in [5.74, 6) is -3.71. The molecule has 0 saturated carbocycles. The molecule has 0 aliphatic rings. The Morgan fingerprint density at radius 3 is 2.53 bits per heavy atom. The zero-order valence-corrected chi connectivity index (χ0v) is 8.51. The molecule has 0 aliphatic carbocycles. The fourth-order valence-electron chi connectivity index (χ4n) is 1.23. The van der Waals surface area contributed by atoms with Crippen LogP contribution in [0.5, 0.6) is 0 Å². The average molecular weight is 251 g/mol. The Morgan fingerprint density at radius 2 is 2.00 bits per heavy atom. The number of alkyl halides is 2. The minimum atomic E-state index is -2.58. The third kappa shape index (κ3) is 3.61.